The van der Waals surface area contributed by atoms with Crippen molar-refractivity contribution in [2.24, 2.45) is 0 Å². The van der Waals surface area contributed by atoms with E-state index in [1.54, 1.807) is 12.1 Å². The zero-order valence-corrected chi connectivity index (χ0v) is 11.2. The molecule has 3 aromatic rings. The molecule has 0 bridgehead atoms. The summed E-state index contributed by atoms with van der Waals surface area (Å²) in [4.78, 5) is 13.7. The summed E-state index contributed by atoms with van der Waals surface area (Å²) in [5.74, 6) is 1.16. The van der Waals surface area contributed by atoms with Crippen molar-refractivity contribution in [1.29, 1.82) is 0 Å². The van der Waals surface area contributed by atoms with E-state index >= 15 is 0 Å². The first kappa shape index (κ1) is 12.1. The molecule has 98 valence electrons. The Bertz CT molecular complexity index is 796. The molecule has 1 unspecified atom stereocenters. The lowest BCUT2D eigenvalue weighted by atomic mass is 10.0. The Labute approximate surface area is 114 Å². The van der Waals surface area contributed by atoms with Crippen LogP contribution in [0.3, 0.4) is 0 Å². The molecule has 0 spiro atoms. The van der Waals surface area contributed by atoms with E-state index in [2.05, 4.69) is 4.98 Å². The van der Waals surface area contributed by atoms with Crippen LogP contribution in [0.15, 0.2) is 37.9 Å². The van der Waals surface area contributed by atoms with Gasteiger partial charge in [0.15, 0.2) is 5.58 Å². The summed E-state index contributed by atoms with van der Waals surface area (Å²) in [7, 11) is 0. The topological polar surface area (TPSA) is 59.1 Å². The summed E-state index contributed by atoms with van der Waals surface area (Å²) in [5.41, 5.74) is 2.96. The van der Waals surface area contributed by atoms with Crippen LogP contribution >= 0.6 is 11.6 Å². The van der Waals surface area contributed by atoms with Crippen molar-refractivity contribution in [2.45, 2.75) is 19.2 Å². The Morgan fingerprint density at radius 2 is 2.00 bits per heavy atom. The number of benzene rings is 1. The van der Waals surface area contributed by atoms with Crippen molar-refractivity contribution >= 4 is 22.7 Å². The number of hydrogen-bond donors (Lipinski definition) is 1. The summed E-state index contributed by atoms with van der Waals surface area (Å²) in [6.07, 6.45) is 0. The molecule has 0 saturated carbocycles. The van der Waals surface area contributed by atoms with Gasteiger partial charge in [0, 0.05) is 5.56 Å². The van der Waals surface area contributed by atoms with Gasteiger partial charge in [-0.05, 0) is 37.6 Å². The first-order chi connectivity index (χ1) is 9.04. The van der Waals surface area contributed by atoms with Gasteiger partial charge in [-0.3, -0.25) is 4.98 Å². The minimum atomic E-state index is -0.464. The lowest BCUT2D eigenvalue weighted by Gasteiger charge is -2.08. The van der Waals surface area contributed by atoms with Crippen LogP contribution in [-0.4, -0.2) is 4.98 Å². The van der Waals surface area contributed by atoms with E-state index in [9.17, 15) is 4.79 Å². The highest BCUT2D eigenvalue weighted by Gasteiger charge is 2.17. The van der Waals surface area contributed by atoms with E-state index in [-0.39, 0.29) is 5.38 Å². The van der Waals surface area contributed by atoms with Crippen LogP contribution in [0.1, 0.15) is 28.0 Å². The van der Waals surface area contributed by atoms with Crippen molar-refractivity contribution in [3.8, 4) is 0 Å². The predicted octanol–water partition coefficient (Wildman–Crippen LogP) is 3.66. The molecule has 1 aromatic carbocycles. The first-order valence-corrected chi connectivity index (χ1v) is 6.32. The smallest absolute Gasteiger partial charge is 0.417 e. The SMILES string of the molecule is Cc1cc(C(Cl)c2ccc3[nH]c(=O)oc3c2)c(C)o1. The van der Waals surface area contributed by atoms with Gasteiger partial charge in [0.2, 0.25) is 0 Å². The minimum absolute atomic E-state index is 0.331. The average molecular weight is 278 g/mol. The molecule has 0 aliphatic rings. The van der Waals surface area contributed by atoms with E-state index in [1.165, 1.54) is 0 Å². The molecule has 0 aliphatic carbocycles. The Morgan fingerprint density at radius 3 is 2.68 bits per heavy atom. The zero-order chi connectivity index (χ0) is 13.6. The molecular formula is C14H12ClNO3. The van der Waals surface area contributed by atoms with Crippen LogP contribution in [0.5, 0.6) is 0 Å². The number of halogens is 1. The normalized spacial score (nSPS) is 13.0. The zero-order valence-electron chi connectivity index (χ0n) is 10.5. The largest absolute Gasteiger partial charge is 0.466 e. The minimum Gasteiger partial charge on any atom is -0.466 e. The lowest BCUT2D eigenvalue weighted by Crippen LogP contribution is -1.93. The number of hydrogen-bond acceptors (Lipinski definition) is 3. The van der Waals surface area contributed by atoms with E-state index in [4.69, 9.17) is 20.4 Å². The third-order valence-corrected chi connectivity index (χ3v) is 3.58. The van der Waals surface area contributed by atoms with E-state index in [0.717, 1.165) is 22.6 Å². The summed E-state index contributed by atoms with van der Waals surface area (Å²) in [6.45, 7) is 3.77. The number of rotatable bonds is 2. The number of aromatic amines is 1. The summed E-state index contributed by atoms with van der Waals surface area (Å²) >= 11 is 6.47. The summed E-state index contributed by atoms with van der Waals surface area (Å²) in [6, 6.07) is 7.34. The molecule has 0 radical (unpaired) electrons. The van der Waals surface area contributed by atoms with Gasteiger partial charge < -0.3 is 8.83 Å². The van der Waals surface area contributed by atoms with Gasteiger partial charge in [-0.25, -0.2) is 4.79 Å². The van der Waals surface area contributed by atoms with Crippen molar-refractivity contribution in [3.63, 3.8) is 0 Å². The molecule has 1 atom stereocenters. The van der Waals surface area contributed by atoms with Crippen LogP contribution in [0.4, 0.5) is 0 Å². The third-order valence-electron chi connectivity index (χ3n) is 3.09. The second kappa shape index (κ2) is 4.31. The fourth-order valence-electron chi connectivity index (χ4n) is 2.20. The summed E-state index contributed by atoms with van der Waals surface area (Å²) < 4.78 is 10.5. The Kier molecular flexibility index (Phi) is 2.75. The maximum atomic E-state index is 11.1. The first-order valence-electron chi connectivity index (χ1n) is 5.88. The van der Waals surface area contributed by atoms with E-state index in [1.807, 2.05) is 26.0 Å². The average Bonchev–Trinajstić information content (AvgIpc) is 2.88. The number of aromatic nitrogens is 1. The molecule has 1 N–H and O–H groups in total. The van der Waals surface area contributed by atoms with Gasteiger partial charge in [-0.2, -0.15) is 0 Å². The highest BCUT2D eigenvalue weighted by Crippen LogP contribution is 2.33. The number of alkyl halides is 1. The molecule has 0 amide bonds. The number of furan rings is 1. The second-order valence-electron chi connectivity index (χ2n) is 4.50. The molecule has 5 heteroatoms. The number of oxazole rings is 1. The standard InChI is InChI=1S/C14H12ClNO3/c1-7-5-10(8(2)18-7)13(15)9-3-4-11-12(6-9)19-14(17)16-11/h3-6,13H,1-2H3,(H,16,17). The van der Waals surface area contributed by atoms with Crippen LogP contribution < -0.4 is 5.76 Å². The molecule has 0 fully saturated rings. The number of fused-ring (bicyclic) bond motifs is 1. The monoisotopic (exact) mass is 277 g/mol. The van der Waals surface area contributed by atoms with Crippen molar-refractivity contribution in [3.05, 3.63) is 57.5 Å². The van der Waals surface area contributed by atoms with Crippen molar-refractivity contribution < 1.29 is 8.83 Å². The molecule has 0 saturated heterocycles. The highest BCUT2D eigenvalue weighted by atomic mass is 35.5. The van der Waals surface area contributed by atoms with Gasteiger partial charge in [0.25, 0.3) is 0 Å². The molecule has 3 rings (SSSR count). The highest BCUT2D eigenvalue weighted by molar-refractivity contribution is 6.22. The van der Waals surface area contributed by atoms with Gasteiger partial charge in [0.1, 0.15) is 11.5 Å². The van der Waals surface area contributed by atoms with Crippen LogP contribution in [0.25, 0.3) is 11.1 Å². The third kappa shape index (κ3) is 2.08. The maximum absolute atomic E-state index is 11.1. The van der Waals surface area contributed by atoms with Crippen LogP contribution in [-0.2, 0) is 0 Å². The maximum Gasteiger partial charge on any atom is 0.417 e. The van der Waals surface area contributed by atoms with Gasteiger partial charge in [-0.1, -0.05) is 6.07 Å². The summed E-state index contributed by atoms with van der Waals surface area (Å²) in [5, 5.41) is -0.331. The predicted molar refractivity (Wildman–Crippen MR) is 72.7 cm³/mol. The van der Waals surface area contributed by atoms with Gasteiger partial charge in [0.05, 0.1) is 10.9 Å². The molecule has 2 aromatic heterocycles. The number of aryl methyl sites for hydroxylation is 2. The van der Waals surface area contributed by atoms with Crippen molar-refractivity contribution in [2.75, 3.05) is 0 Å². The van der Waals surface area contributed by atoms with Crippen molar-refractivity contribution in [1.82, 2.24) is 4.98 Å². The van der Waals surface area contributed by atoms with E-state index in [0.29, 0.717) is 11.1 Å². The van der Waals surface area contributed by atoms with Gasteiger partial charge >= 0.3 is 5.76 Å². The van der Waals surface area contributed by atoms with Crippen LogP contribution in [0.2, 0.25) is 0 Å². The molecular weight excluding hydrogens is 266 g/mol. The molecule has 0 aliphatic heterocycles. The molecule has 4 nitrogen and oxygen atoms in total. The second-order valence-corrected chi connectivity index (χ2v) is 4.94. The lowest BCUT2D eigenvalue weighted by molar-refractivity contribution is 0.501. The molecule has 19 heavy (non-hydrogen) atoms. The van der Waals surface area contributed by atoms with Gasteiger partial charge in [-0.15, -0.1) is 11.6 Å². The Morgan fingerprint density at radius 1 is 1.21 bits per heavy atom. The van der Waals surface area contributed by atoms with Crippen LogP contribution in [0, 0.1) is 13.8 Å². The number of nitrogens with one attached hydrogen (secondary N) is 1. The Balaban J connectivity index is 2.08. The molecule has 2 heterocycles. The fraction of sp³-hybridized carbons (Fsp3) is 0.214. The quantitative estimate of drug-likeness (QED) is 0.727. The van der Waals surface area contributed by atoms with E-state index < -0.39 is 5.76 Å². The Hall–Kier alpha value is -1.94. The fourth-order valence-corrected chi connectivity index (χ4v) is 2.55. The number of H-pyrrole nitrogens is 1.